The van der Waals surface area contributed by atoms with Crippen LogP contribution in [0.4, 0.5) is 5.69 Å². The van der Waals surface area contributed by atoms with E-state index in [4.69, 9.17) is 23.2 Å². The predicted octanol–water partition coefficient (Wildman–Crippen LogP) is 6.11. The normalized spacial score (nSPS) is 10.8. The lowest BCUT2D eigenvalue weighted by Gasteiger charge is -2.10. The van der Waals surface area contributed by atoms with Crippen LogP contribution in [0.1, 0.15) is 21.7 Å². The molecule has 0 radical (unpaired) electrons. The first kappa shape index (κ1) is 20.1. The van der Waals surface area contributed by atoms with Crippen molar-refractivity contribution in [1.82, 2.24) is 14.8 Å². The standard InChI is InChI=1S/C23H18Cl2N4O/c1-14-7-5-8-16(13-14)22-27-21(23(30)26-19-11-4-3-9-18(19)25)28-29(22)20-12-6-10-17(24)15(20)2/h3-13H,1-2H3,(H,26,30). The number of anilines is 1. The van der Waals surface area contributed by atoms with Gasteiger partial charge >= 0.3 is 0 Å². The predicted molar refractivity (Wildman–Crippen MR) is 121 cm³/mol. The average molecular weight is 437 g/mol. The second-order valence-corrected chi connectivity index (χ2v) is 7.67. The summed E-state index contributed by atoms with van der Waals surface area (Å²) < 4.78 is 1.65. The van der Waals surface area contributed by atoms with E-state index in [-0.39, 0.29) is 5.82 Å². The minimum Gasteiger partial charge on any atom is -0.318 e. The Kier molecular flexibility index (Phi) is 5.57. The van der Waals surface area contributed by atoms with E-state index in [9.17, 15) is 4.79 Å². The maximum atomic E-state index is 12.9. The van der Waals surface area contributed by atoms with E-state index in [2.05, 4.69) is 15.4 Å². The summed E-state index contributed by atoms with van der Waals surface area (Å²) in [6, 6.07) is 20.4. The number of nitrogens with one attached hydrogen (secondary N) is 1. The Bertz CT molecular complexity index is 1250. The van der Waals surface area contributed by atoms with Crippen molar-refractivity contribution in [3.63, 3.8) is 0 Å². The van der Waals surface area contributed by atoms with Gasteiger partial charge in [-0.3, -0.25) is 4.79 Å². The van der Waals surface area contributed by atoms with E-state index in [1.807, 2.05) is 56.3 Å². The Morgan fingerprint density at radius 1 is 0.933 bits per heavy atom. The number of rotatable bonds is 4. The maximum absolute atomic E-state index is 12.9. The van der Waals surface area contributed by atoms with Gasteiger partial charge in [-0.15, -0.1) is 5.10 Å². The lowest BCUT2D eigenvalue weighted by atomic mass is 10.1. The largest absolute Gasteiger partial charge is 0.318 e. The van der Waals surface area contributed by atoms with Crippen molar-refractivity contribution < 1.29 is 4.79 Å². The fraction of sp³-hybridized carbons (Fsp3) is 0.0870. The Morgan fingerprint density at radius 3 is 2.43 bits per heavy atom. The number of benzene rings is 3. The molecule has 4 rings (SSSR count). The molecule has 0 aliphatic carbocycles. The van der Waals surface area contributed by atoms with Gasteiger partial charge in [0, 0.05) is 10.6 Å². The third-order valence-corrected chi connectivity index (χ3v) is 5.41. The highest BCUT2D eigenvalue weighted by molar-refractivity contribution is 6.33. The molecule has 1 aromatic heterocycles. The van der Waals surface area contributed by atoms with Gasteiger partial charge in [0.25, 0.3) is 5.91 Å². The van der Waals surface area contributed by atoms with E-state index >= 15 is 0 Å². The molecule has 0 atom stereocenters. The van der Waals surface area contributed by atoms with Crippen molar-refractivity contribution in [2.45, 2.75) is 13.8 Å². The van der Waals surface area contributed by atoms with Gasteiger partial charge in [0.1, 0.15) is 0 Å². The van der Waals surface area contributed by atoms with Crippen LogP contribution in [0.5, 0.6) is 0 Å². The van der Waals surface area contributed by atoms with Crippen molar-refractivity contribution in [3.05, 3.63) is 93.7 Å². The van der Waals surface area contributed by atoms with Gasteiger partial charge in [-0.25, -0.2) is 9.67 Å². The van der Waals surface area contributed by atoms with Crippen LogP contribution in [0.3, 0.4) is 0 Å². The van der Waals surface area contributed by atoms with E-state index in [0.717, 1.165) is 22.4 Å². The number of amides is 1. The molecule has 0 bridgehead atoms. The summed E-state index contributed by atoms with van der Waals surface area (Å²) in [7, 11) is 0. The van der Waals surface area contributed by atoms with Crippen molar-refractivity contribution in [2.24, 2.45) is 0 Å². The first-order chi connectivity index (χ1) is 14.4. The Labute approximate surface area is 184 Å². The molecule has 5 nitrogen and oxygen atoms in total. The van der Waals surface area contributed by atoms with Crippen molar-refractivity contribution in [1.29, 1.82) is 0 Å². The first-order valence-electron chi connectivity index (χ1n) is 9.29. The van der Waals surface area contributed by atoms with E-state index in [1.54, 1.807) is 28.9 Å². The molecular weight excluding hydrogens is 419 g/mol. The molecule has 0 saturated carbocycles. The van der Waals surface area contributed by atoms with Crippen LogP contribution < -0.4 is 5.32 Å². The summed E-state index contributed by atoms with van der Waals surface area (Å²) in [4.78, 5) is 17.4. The topological polar surface area (TPSA) is 59.8 Å². The minimum atomic E-state index is -0.449. The smallest absolute Gasteiger partial charge is 0.295 e. The first-order valence-corrected chi connectivity index (χ1v) is 10.0. The lowest BCUT2D eigenvalue weighted by Crippen LogP contribution is -2.14. The summed E-state index contributed by atoms with van der Waals surface area (Å²) in [5, 5.41) is 8.33. The van der Waals surface area contributed by atoms with E-state index in [0.29, 0.717) is 21.6 Å². The molecule has 1 N–H and O–H groups in total. The zero-order valence-electron chi connectivity index (χ0n) is 16.4. The molecule has 0 unspecified atom stereocenters. The van der Waals surface area contributed by atoms with Gasteiger partial charge in [0.2, 0.25) is 5.82 Å². The number of hydrogen-bond acceptors (Lipinski definition) is 3. The van der Waals surface area contributed by atoms with Gasteiger partial charge in [-0.1, -0.05) is 65.2 Å². The average Bonchev–Trinajstić information content (AvgIpc) is 3.17. The summed E-state index contributed by atoms with van der Waals surface area (Å²) >= 11 is 12.5. The highest BCUT2D eigenvalue weighted by Crippen LogP contribution is 2.28. The van der Waals surface area contributed by atoms with Gasteiger partial charge in [0.15, 0.2) is 5.82 Å². The van der Waals surface area contributed by atoms with Crippen LogP contribution >= 0.6 is 23.2 Å². The monoisotopic (exact) mass is 436 g/mol. The van der Waals surface area contributed by atoms with Gasteiger partial charge in [0.05, 0.1) is 16.4 Å². The molecular formula is C23H18Cl2N4O. The second kappa shape index (κ2) is 8.30. The third-order valence-electron chi connectivity index (χ3n) is 4.68. The lowest BCUT2D eigenvalue weighted by molar-refractivity contribution is 0.101. The van der Waals surface area contributed by atoms with Crippen LogP contribution in [-0.4, -0.2) is 20.7 Å². The number of carbonyl (C=O) groups excluding carboxylic acids is 1. The van der Waals surface area contributed by atoms with Gasteiger partial charge < -0.3 is 5.32 Å². The molecule has 0 aliphatic rings. The molecule has 0 aliphatic heterocycles. The number of carbonyl (C=O) groups is 1. The Hall–Kier alpha value is -3.15. The fourth-order valence-electron chi connectivity index (χ4n) is 3.11. The third kappa shape index (κ3) is 3.95. The quantitative estimate of drug-likeness (QED) is 0.419. The molecule has 30 heavy (non-hydrogen) atoms. The molecule has 0 spiro atoms. The van der Waals surface area contributed by atoms with Crippen molar-refractivity contribution in [2.75, 3.05) is 5.32 Å². The molecule has 1 amide bonds. The number of hydrogen-bond donors (Lipinski definition) is 1. The zero-order valence-corrected chi connectivity index (χ0v) is 17.9. The highest BCUT2D eigenvalue weighted by Gasteiger charge is 2.21. The minimum absolute atomic E-state index is 0.0331. The van der Waals surface area contributed by atoms with Crippen molar-refractivity contribution >= 4 is 34.8 Å². The number of nitrogens with zero attached hydrogens (tertiary/aromatic N) is 3. The van der Waals surface area contributed by atoms with Crippen LogP contribution in [0.25, 0.3) is 17.1 Å². The number of aryl methyl sites for hydroxylation is 1. The fourth-order valence-corrected chi connectivity index (χ4v) is 3.47. The summed E-state index contributed by atoms with van der Waals surface area (Å²) in [6.07, 6.45) is 0. The molecule has 0 fully saturated rings. The number of aromatic nitrogens is 3. The molecule has 0 saturated heterocycles. The maximum Gasteiger partial charge on any atom is 0.295 e. The number of halogens is 2. The van der Waals surface area contributed by atoms with E-state index < -0.39 is 5.91 Å². The summed E-state index contributed by atoms with van der Waals surface area (Å²) in [6.45, 7) is 3.91. The summed E-state index contributed by atoms with van der Waals surface area (Å²) in [5.41, 5.74) is 4.02. The molecule has 3 aromatic carbocycles. The second-order valence-electron chi connectivity index (χ2n) is 6.86. The zero-order chi connectivity index (χ0) is 21.3. The SMILES string of the molecule is Cc1cccc(-c2nc(C(=O)Nc3ccccc3Cl)nn2-c2cccc(Cl)c2C)c1. The highest BCUT2D eigenvalue weighted by atomic mass is 35.5. The van der Waals surface area contributed by atoms with Crippen LogP contribution in [-0.2, 0) is 0 Å². The van der Waals surface area contributed by atoms with Gasteiger partial charge in [-0.05, 0) is 49.7 Å². The Morgan fingerprint density at radius 2 is 1.67 bits per heavy atom. The Balaban J connectivity index is 1.83. The molecule has 1 heterocycles. The van der Waals surface area contributed by atoms with Crippen LogP contribution in [0.2, 0.25) is 10.0 Å². The van der Waals surface area contributed by atoms with Crippen LogP contribution in [0, 0.1) is 13.8 Å². The summed E-state index contributed by atoms with van der Waals surface area (Å²) in [5.74, 6) is 0.134. The molecule has 7 heteroatoms. The molecule has 150 valence electrons. The molecule has 4 aromatic rings. The van der Waals surface area contributed by atoms with Crippen LogP contribution in [0.15, 0.2) is 66.7 Å². The van der Waals surface area contributed by atoms with Gasteiger partial charge in [-0.2, -0.15) is 0 Å². The van der Waals surface area contributed by atoms with E-state index in [1.165, 1.54) is 0 Å². The number of para-hydroxylation sites is 1. The van der Waals surface area contributed by atoms with Crippen molar-refractivity contribution in [3.8, 4) is 17.1 Å².